The number of likely N-dealkylation sites (tertiary alicyclic amines) is 1. The van der Waals surface area contributed by atoms with Crippen LogP contribution in [0.3, 0.4) is 0 Å². The van der Waals surface area contributed by atoms with Gasteiger partial charge in [-0.05, 0) is 24.7 Å². The van der Waals surface area contributed by atoms with Gasteiger partial charge in [0, 0.05) is 12.6 Å². The summed E-state index contributed by atoms with van der Waals surface area (Å²) in [4.78, 5) is 34.5. The van der Waals surface area contributed by atoms with Crippen molar-refractivity contribution in [3.63, 3.8) is 0 Å². The second-order valence-electron chi connectivity index (χ2n) is 4.81. The fraction of sp³-hybridized carbons (Fsp3) is 0.545. The van der Waals surface area contributed by atoms with Crippen LogP contribution in [0.1, 0.15) is 30.3 Å². The van der Waals surface area contributed by atoms with Gasteiger partial charge in [-0.15, -0.1) is 5.10 Å². The van der Waals surface area contributed by atoms with Gasteiger partial charge in [0.1, 0.15) is 0 Å². The standard InChI is InChI=1S/C11H14N4O5/c1-6-2-3-7(11(17)18)5-14(6)10(16)8-4-9(13-12-8)15(19)20/h4,6-7H,2-3,5H2,1H3,(H,12,13)(H,17,18). The van der Waals surface area contributed by atoms with Gasteiger partial charge in [0.2, 0.25) is 0 Å². The van der Waals surface area contributed by atoms with Crippen LogP contribution in [-0.2, 0) is 4.79 Å². The minimum Gasteiger partial charge on any atom is -0.481 e. The van der Waals surface area contributed by atoms with Crippen LogP contribution in [0.25, 0.3) is 0 Å². The molecule has 0 aromatic carbocycles. The van der Waals surface area contributed by atoms with Gasteiger partial charge < -0.3 is 20.1 Å². The molecule has 2 N–H and O–H groups in total. The van der Waals surface area contributed by atoms with E-state index in [2.05, 4.69) is 10.2 Å². The average molecular weight is 282 g/mol. The van der Waals surface area contributed by atoms with Crippen molar-refractivity contribution < 1.29 is 19.6 Å². The SMILES string of the molecule is CC1CCC(C(=O)O)CN1C(=O)c1cc([N+](=O)[O-])[nH]n1. The predicted molar refractivity (Wildman–Crippen MR) is 66.1 cm³/mol. The Morgan fingerprint density at radius 2 is 2.25 bits per heavy atom. The molecule has 1 aliphatic rings. The average Bonchev–Trinajstić information content (AvgIpc) is 2.88. The number of carboxylic acid groups (broad SMARTS) is 1. The Hall–Kier alpha value is -2.45. The number of piperidine rings is 1. The summed E-state index contributed by atoms with van der Waals surface area (Å²) in [6.45, 7) is 1.91. The number of nitrogens with zero attached hydrogens (tertiary/aromatic N) is 3. The Morgan fingerprint density at radius 3 is 2.80 bits per heavy atom. The van der Waals surface area contributed by atoms with Crippen molar-refractivity contribution in [1.82, 2.24) is 15.1 Å². The van der Waals surface area contributed by atoms with E-state index < -0.39 is 22.7 Å². The maximum Gasteiger partial charge on any atom is 0.343 e. The van der Waals surface area contributed by atoms with Gasteiger partial charge in [-0.25, -0.2) is 0 Å². The Bertz CT molecular complexity index is 555. The molecule has 0 bridgehead atoms. The maximum absolute atomic E-state index is 12.2. The number of aromatic nitrogens is 2. The molecule has 2 unspecified atom stereocenters. The molecule has 0 saturated carbocycles. The molecule has 1 aromatic rings. The summed E-state index contributed by atoms with van der Waals surface area (Å²) in [5.41, 5.74) is -0.0745. The number of hydrogen-bond donors (Lipinski definition) is 2. The smallest absolute Gasteiger partial charge is 0.343 e. The zero-order chi connectivity index (χ0) is 14.9. The molecule has 1 fully saturated rings. The Balaban J connectivity index is 2.17. The van der Waals surface area contributed by atoms with E-state index in [4.69, 9.17) is 5.11 Å². The molecule has 2 atom stereocenters. The number of nitro groups is 1. The van der Waals surface area contributed by atoms with Crippen LogP contribution in [0.4, 0.5) is 5.82 Å². The van der Waals surface area contributed by atoms with E-state index in [0.29, 0.717) is 12.8 Å². The predicted octanol–water partition coefficient (Wildman–Crippen LogP) is 0.643. The van der Waals surface area contributed by atoms with Crippen LogP contribution >= 0.6 is 0 Å². The van der Waals surface area contributed by atoms with E-state index in [-0.39, 0.29) is 24.1 Å². The van der Waals surface area contributed by atoms with E-state index >= 15 is 0 Å². The largest absolute Gasteiger partial charge is 0.481 e. The molecule has 2 rings (SSSR count). The highest BCUT2D eigenvalue weighted by atomic mass is 16.6. The molecule has 108 valence electrons. The van der Waals surface area contributed by atoms with Crippen LogP contribution in [0.5, 0.6) is 0 Å². The van der Waals surface area contributed by atoms with E-state index in [1.165, 1.54) is 4.90 Å². The number of hydrogen-bond acceptors (Lipinski definition) is 5. The third-order valence-corrected chi connectivity index (χ3v) is 3.47. The number of amides is 1. The lowest BCUT2D eigenvalue weighted by molar-refractivity contribution is -0.389. The zero-order valence-electron chi connectivity index (χ0n) is 10.8. The molecule has 0 aliphatic carbocycles. The summed E-state index contributed by atoms with van der Waals surface area (Å²) < 4.78 is 0. The van der Waals surface area contributed by atoms with Gasteiger partial charge in [0.15, 0.2) is 5.69 Å². The van der Waals surface area contributed by atoms with E-state index in [1.807, 2.05) is 6.92 Å². The van der Waals surface area contributed by atoms with Crippen molar-refractivity contribution in [2.75, 3.05) is 6.54 Å². The molecular weight excluding hydrogens is 268 g/mol. The summed E-state index contributed by atoms with van der Waals surface area (Å²) in [6, 6.07) is 0.938. The highest BCUT2D eigenvalue weighted by molar-refractivity contribution is 5.93. The number of carbonyl (C=O) groups excluding carboxylic acids is 1. The lowest BCUT2D eigenvalue weighted by Crippen LogP contribution is -2.47. The van der Waals surface area contributed by atoms with Crippen molar-refractivity contribution in [1.29, 1.82) is 0 Å². The monoisotopic (exact) mass is 282 g/mol. The second-order valence-corrected chi connectivity index (χ2v) is 4.81. The lowest BCUT2D eigenvalue weighted by atomic mass is 9.93. The van der Waals surface area contributed by atoms with Crippen LogP contribution in [0.2, 0.25) is 0 Å². The molecule has 9 heteroatoms. The minimum absolute atomic E-state index is 0.0745. The Kier molecular flexibility index (Phi) is 3.68. The van der Waals surface area contributed by atoms with E-state index in [9.17, 15) is 19.7 Å². The molecule has 0 spiro atoms. The molecule has 1 aliphatic heterocycles. The maximum atomic E-state index is 12.2. The first-order valence-electron chi connectivity index (χ1n) is 6.13. The summed E-state index contributed by atoms with van der Waals surface area (Å²) in [6.07, 6.45) is 1.09. The van der Waals surface area contributed by atoms with E-state index in [0.717, 1.165) is 6.07 Å². The first-order chi connectivity index (χ1) is 9.40. The number of aliphatic carboxylic acids is 1. The molecular formula is C11H14N4O5. The van der Waals surface area contributed by atoms with Gasteiger partial charge in [-0.2, -0.15) is 0 Å². The Morgan fingerprint density at radius 1 is 1.55 bits per heavy atom. The van der Waals surface area contributed by atoms with Gasteiger partial charge in [-0.1, -0.05) is 5.10 Å². The number of rotatable bonds is 3. The molecule has 20 heavy (non-hydrogen) atoms. The number of aromatic amines is 1. The molecule has 9 nitrogen and oxygen atoms in total. The summed E-state index contributed by atoms with van der Waals surface area (Å²) >= 11 is 0. The van der Waals surface area contributed by atoms with Crippen LogP contribution in [0, 0.1) is 16.0 Å². The fourth-order valence-electron chi connectivity index (χ4n) is 2.25. The van der Waals surface area contributed by atoms with Crippen molar-refractivity contribution >= 4 is 17.7 Å². The number of nitrogens with one attached hydrogen (secondary N) is 1. The quantitative estimate of drug-likeness (QED) is 0.618. The number of H-pyrrole nitrogens is 1. The van der Waals surface area contributed by atoms with Crippen LogP contribution in [0.15, 0.2) is 6.07 Å². The third-order valence-electron chi connectivity index (χ3n) is 3.47. The van der Waals surface area contributed by atoms with Gasteiger partial charge in [-0.3, -0.25) is 9.59 Å². The molecule has 1 aromatic heterocycles. The normalized spacial score (nSPS) is 22.6. The minimum atomic E-state index is -0.942. The lowest BCUT2D eigenvalue weighted by Gasteiger charge is -2.35. The van der Waals surface area contributed by atoms with Crippen molar-refractivity contribution in [2.24, 2.45) is 5.92 Å². The first-order valence-corrected chi connectivity index (χ1v) is 6.13. The van der Waals surface area contributed by atoms with Crippen molar-refractivity contribution in [3.05, 3.63) is 21.9 Å². The summed E-state index contributed by atoms with van der Waals surface area (Å²) in [7, 11) is 0. The molecule has 1 saturated heterocycles. The first kappa shape index (κ1) is 14.0. The van der Waals surface area contributed by atoms with Gasteiger partial charge in [0.05, 0.1) is 12.0 Å². The molecule has 1 amide bonds. The molecule has 2 heterocycles. The van der Waals surface area contributed by atoms with E-state index in [1.54, 1.807) is 0 Å². The van der Waals surface area contributed by atoms with Crippen molar-refractivity contribution in [3.8, 4) is 0 Å². The highest BCUT2D eigenvalue weighted by Gasteiger charge is 2.34. The van der Waals surface area contributed by atoms with Gasteiger partial charge >= 0.3 is 11.8 Å². The number of carbonyl (C=O) groups is 2. The molecule has 0 radical (unpaired) electrons. The fourth-order valence-corrected chi connectivity index (χ4v) is 2.25. The third kappa shape index (κ3) is 2.60. The zero-order valence-corrected chi connectivity index (χ0v) is 10.8. The summed E-state index contributed by atoms with van der Waals surface area (Å²) in [5.74, 6) is -2.41. The van der Waals surface area contributed by atoms with Crippen molar-refractivity contribution in [2.45, 2.75) is 25.8 Å². The topological polar surface area (TPSA) is 129 Å². The highest BCUT2D eigenvalue weighted by Crippen LogP contribution is 2.24. The van der Waals surface area contributed by atoms with Crippen LogP contribution in [-0.4, -0.2) is 49.6 Å². The Labute approximate surface area is 113 Å². The van der Waals surface area contributed by atoms with Gasteiger partial charge in [0.25, 0.3) is 5.91 Å². The summed E-state index contributed by atoms with van der Waals surface area (Å²) in [5, 5.41) is 25.3. The second kappa shape index (κ2) is 5.27. The van der Waals surface area contributed by atoms with Crippen LogP contribution < -0.4 is 0 Å². The number of carboxylic acids is 1.